The summed E-state index contributed by atoms with van der Waals surface area (Å²) in [6.45, 7) is 5.56. The standard InChI is InChI=1S/C21H44O/c1-4-6-8-10-12-13-15-17-19-21(20-22-3)18-16-14-11-9-7-5-2/h21H,4-20H2,1-3H3. The third kappa shape index (κ3) is 16.3. The smallest absolute Gasteiger partial charge is 0.0490 e. The molecule has 0 aromatic rings. The minimum atomic E-state index is 0.816. The fraction of sp³-hybridized carbons (Fsp3) is 1.00. The Morgan fingerprint density at radius 1 is 0.545 bits per heavy atom. The maximum Gasteiger partial charge on any atom is 0.0490 e. The normalized spacial score (nSPS) is 12.7. The SMILES string of the molecule is CCCCCCCCCCC(CCCCCCCC)COC. The monoisotopic (exact) mass is 312 g/mol. The molecule has 22 heavy (non-hydrogen) atoms. The molecule has 0 bridgehead atoms. The highest BCUT2D eigenvalue weighted by atomic mass is 16.5. The van der Waals surface area contributed by atoms with E-state index in [1.54, 1.807) is 0 Å². The number of hydrogen-bond acceptors (Lipinski definition) is 1. The lowest BCUT2D eigenvalue weighted by Gasteiger charge is -2.15. The van der Waals surface area contributed by atoms with Crippen molar-refractivity contribution in [3.05, 3.63) is 0 Å². The van der Waals surface area contributed by atoms with E-state index in [4.69, 9.17) is 4.74 Å². The average Bonchev–Trinajstić information content (AvgIpc) is 2.53. The molecule has 0 N–H and O–H groups in total. The summed E-state index contributed by atoms with van der Waals surface area (Å²) < 4.78 is 5.42. The van der Waals surface area contributed by atoms with Crippen LogP contribution in [0.15, 0.2) is 0 Å². The molecule has 0 aliphatic heterocycles. The van der Waals surface area contributed by atoms with Crippen molar-refractivity contribution in [2.45, 2.75) is 117 Å². The number of hydrogen-bond donors (Lipinski definition) is 0. The average molecular weight is 313 g/mol. The van der Waals surface area contributed by atoms with Gasteiger partial charge in [-0.3, -0.25) is 0 Å². The van der Waals surface area contributed by atoms with Crippen LogP contribution in [0.2, 0.25) is 0 Å². The highest BCUT2D eigenvalue weighted by Gasteiger charge is 2.08. The van der Waals surface area contributed by atoms with Crippen molar-refractivity contribution in [3.8, 4) is 0 Å². The highest BCUT2D eigenvalue weighted by molar-refractivity contribution is 4.60. The first kappa shape index (κ1) is 22.0. The molecule has 0 radical (unpaired) electrons. The molecule has 0 aromatic carbocycles. The van der Waals surface area contributed by atoms with E-state index < -0.39 is 0 Å². The Balaban J connectivity index is 3.43. The van der Waals surface area contributed by atoms with Crippen molar-refractivity contribution in [2.24, 2.45) is 5.92 Å². The molecule has 0 aliphatic carbocycles. The van der Waals surface area contributed by atoms with E-state index in [-0.39, 0.29) is 0 Å². The molecule has 0 heterocycles. The van der Waals surface area contributed by atoms with Crippen molar-refractivity contribution < 1.29 is 4.74 Å². The highest BCUT2D eigenvalue weighted by Crippen LogP contribution is 2.19. The van der Waals surface area contributed by atoms with Gasteiger partial charge in [0.05, 0.1) is 0 Å². The fourth-order valence-corrected chi connectivity index (χ4v) is 3.33. The summed E-state index contributed by atoms with van der Waals surface area (Å²) in [7, 11) is 1.86. The van der Waals surface area contributed by atoms with Crippen LogP contribution in [0.25, 0.3) is 0 Å². The van der Waals surface area contributed by atoms with Gasteiger partial charge in [0.15, 0.2) is 0 Å². The third-order valence-electron chi connectivity index (χ3n) is 4.83. The van der Waals surface area contributed by atoms with Gasteiger partial charge in [-0.05, 0) is 18.8 Å². The lowest BCUT2D eigenvalue weighted by molar-refractivity contribution is 0.140. The Hall–Kier alpha value is -0.0400. The minimum Gasteiger partial charge on any atom is -0.384 e. The fourth-order valence-electron chi connectivity index (χ4n) is 3.33. The maximum absolute atomic E-state index is 5.42. The molecule has 0 amide bonds. The molecule has 0 saturated heterocycles. The van der Waals surface area contributed by atoms with E-state index in [0.29, 0.717) is 0 Å². The Bertz CT molecular complexity index is 190. The van der Waals surface area contributed by atoms with Crippen LogP contribution >= 0.6 is 0 Å². The first-order chi connectivity index (χ1) is 10.8. The van der Waals surface area contributed by atoms with E-state index in [0.717, 1.165) is 12.5 Å². The number of unbranched alkanes of at least 4 members (excludes halogenated alkanes) is 12. The summed E-state index contributed by atoms with van der Waals surface area (Å²) in [5.41, 5.74) is 0. The lowest BCUT2D eigenvalue weighted by atomic mass is 9.94. The molecule has 0 fully saturated rings. The Labute approximate surface area is 141 Å². The molecule has 0 rings (SSSR count). The van der Waals surface area contributed by atoms with Crippen molar-refractivity contribution in [2.75, 3.05) is 13.7 Å². The lowest BCUT2D eigenvalue weighted by Crippen LogP contribution is -2.08. The predicted molar refractivity (Wildman–Crippen MR) is 101 cm³/mol. The number of rotatable bonds is 18. The van der Waals surface area contributed by atoms with Gasteiger partial charge in [-0.2, -0.15) is 0 Å². The van der Waals surface area contributed by atoms with Gasteiger partial charge in [0.2, 0.25) is 0 Å². The molecule has 134 valence electrons. The van der Waals surface area contributed by atoms with E-state index in [1.165, 1.54) is 103 Å². The largest absolute Gasteiger partial charge is 0.384 e. The van der Waals surface area contributed by atoms with Crippen molar-refractivity contribution in [1.82, 2.24) is 0 Å². The molecular weight excluding hydrogens is 268 g/mol. The van der Waals surface area contributed by atoms with Crippen LogP contribution in [-0.4, -0.2) is 13.7 Å². The van der Waals surface area contributed by atoms with Gasteiger partial charge in [-0.15, -0.1) is 0 Å². The van der Waals surface area contributed by atoms with Crippen molar-refractivity contribution in [1.29, 1.82) is 0 Å². The van der Waals surface area contributed by atoms with Crippen LogP contribution in [0.3, 0.4) is 0 Å². The maximum atomic E-state index is 5.42. The quantitative estimate of drug-likeness (QED) is 0.238. The van der Waals surface area contributed by atoms with Gasteiger partial charge >= 0.3 is 0 Å². The Morgan fingerprint density at radius 2 is 0.909 bits per heavy atom. The minimum absolute atomic E-state index is 0.816. The topological polar surface area (TPSA) is 9.23 Å². The van der Waals surface area contributed by atoms with Crippen LogP contribution in [0.1, 0.15) is 117 Å². The summed E-state index contributed by atoms with van der Waals surface area (Å²) in [6.07, 6.45) is 22.7. The molecule has 0 aliphatic rings. The van der Waals surface area contributed by atoms with Crippen LogP contribution in [0, 0.1) is 5.92 Å². The van der Waals surface area contributed by atoms with Crippen LogP contribution in [-0.2, 0) is 4.74 Å². The van der Waals surface area contributed by atoms with Gasteiger partial charge < -0.3 is 4.74 Å². The molecule has 1 nitrogen and oxygen atoms in total. The van der Waals surface area contributed by atoms with E-state index in [9.17, 15) is 0 Å². The van der Waals surface area contributed by atoms with Crippen LogP contribution in [0.5, 0.6) is 0 Å². The summed E-state index contributed by atoms with van der Waals surface area (Å²) in [4.78, 5) is 0. The molecule has 0 spiro atoms. The van der Waals surface area contributed by atoms with E-state index >= 15 is 0 Å². The van der Waals surface area contributed by atoms with Crippen molar-refractivity contribution in [3.63, 3.8) is 0 Å². The van der Waals surface area contributed by atoms with Crippen LogP contribution in [0.4, 0.5) is 0 Å². The van der Waals surface area contributed by atoms with E-state index in [2.05, 4.69) is 13.8 Å². The Morgan fingerprint density at radius 3 is 1.27 bits per heavy atom. The van der Waals surface area contributed by atoms with Crippen LogP contribution < -0.4 is 0 Å². The summed E-state index contributed by atoms with van der Waals surface area (Å²) in [5, 5.41) is 0. The molecule has 1 heteroatoms. The zero-order chi connectivity index (χ0) is 16.3. The molecule has 0 saturated carbocycles. The molecule has 0 aromatic heterocycles. The number of methoxy groups -OCH3 is 1. The summed E-state index contributed by atoms with van der Waals surface area (Å²) >= 11 is 0. The molecular formula is C21H44O. The third-order valence-corrected chi connectivity index (χ3v) is 4.83. The summed E-state index contributed by atoms with van der Waals surface area (Å²) in [6, 6.07) is 0. The molecule has 1 atom stereocenters. The summed E-state index contributed by atoms with van der Waals surface area (Å²) in [5.74, 6) is 0.816. The second-order valence-corrected chi connectivity index (χ2v) is 7.14. The Kier molecular flexibility index (Phi) is 19.0. The van der Waals surface area contributed by atoms with E-state index in [1.807, 2.05) is 7.11 Å². The number of ether oxygens (including phenoxy) is 1. The first-order valence-electron chi connectivity index (χ1n) is 10.3. The van der Waals surface area contributed by atoms with Gasteiger partial charge in [-0.25, -0.2) is 0 Å². The van der Waals surface area contributed by atoms with Crippen molar-refractivity contribution >= 4 is 0 Å². The zero-order valence-electron chi connectivity index (χ0n) is 16.0. The van der Waals surface area contributed by atoms with Gasteiger partial charge in [-0.1, -0.05) is 104 Å². The first-order valence-corrected chi connectivity index (χ1v) is 10.3. The molecule has 1 unspecified atom stereocenters. The predicted octanol–water partition coefficient (Wildman–Crippen LogP) is 7.53. The second kappa shape index (κ2) is 19.0. The van der Waals surface area contributed by atoms with Gasteiger partial charge in [0.25, 0.3) is 0 Å². The van der Waals surface area contributed by atoms with Gasteiger partial charge in [0.1, 0.15) is 0 Å². The zero-order valence-corrected chi connectivity index (χ0v) is 16.0. The second-order valence-electron chi connectivity index (χ2n) is 7.14. The van der Waals surface area contributed by atoms with Gasteiger partial charge in [0, 0.05) is 13.7 Å².